The van der Waals surface area contributed by atoms with Gasteiger partial charge in [0.25, 0.3) is 0 Å². The van der Waals surface area contributed by atoms with E-state index in [0.29, 0.717) is 13.2 Å². The Balaban J connectivity index is 4.21. The van der Waals surface area contributed by atoms with Gasteiger partial charge >= 0.3 is 5.97 Å². The standard InChI is InChI=1S/C9H20N2O3/c1-4-11(5-6-13-2)8(7-10)9(12)14-3/h8H,4-7,10H2,1-3H3. The van der Waals surface area contributed by atoms with Crippen LogP contribution in [0.3, 0.4) is 0 Å². The number of carbonyl (C=O) groups is 1. The molecule has 0 aromatic rings. The van der Waals surface area contributed by atoms with E-state index >= 15 is 0 Å². The average Bonchev–Trinajstić information content (AvgIpc) is 2.23. The van der Waals surface area contributed by atoms with Crippen LogP contribution in [0.1, 0.15) is 6.92 Å². The van der Waals surface area contributed by atoms with Gasteiger partial charge in [-0.3, -0.25) is 9.69 Å². The smallest absolute Gasteiger partial charge is 0.324 e. The molecular weight excluding hydrogens is 184 g/mol. The zero-order chi connectivity index (χ0) is 11.0. The number of ether oxygens (including phenoxy) is 2. The zero-order valence-corrected chi connectivity index (χ0v) is 9.16. The lowest BCUT2D eigenvalue weighted by Gasteiger charge is -2.27. The molecule has 2 N–H and O–H groups in total. The van der Waals surface area contributed by atoms with Gasteiger partial charge < -0.3 is 15.2 Å². The Morgan fingerprint density at radius 2 is 2.14 bits per heavy atom. The first-order valence-electron chi connectivity index (χ1n) is 4.72. The van der Waals surface area contributed by atoms with Crippen molar-refractivity contribution in [2.24, 2.45) is 5.73 Å². The number of carbonyl (C=O) groups excluding carboxylic acids is 1. The zero-order valence-electron chi connectivity index (χ0n) is 9.16. The Hall–Kier alpha value is -0.650. The molecule has 0 saturated carbocycles. The number of methoxy groups -OCH3 is 2. The van der Waals surface area contributed by atoms with E-state index in [4.69, 9.17) is 10.5 Å². The van der Waals surface area contributed by atoms with Gasteiger partial charge in [-0.05, 0) is 6.54 Å². The van der Waals surface area contributed by atoms with Crippen LogP contribution in [0, 0.1) is 0 Å². The molecule has 0 aliphatic heterocycles. The predicted molar refractivity (Wildman–Crippen MR) is 54.0 cm³/mol. The second-order valence-electron chi connectivity index (χ2n) is 2.90. The summed E-state index contributed by atoms with van der Waals surface area (Å²) in [5.74, 6) is -0.287. The Morgan fingerprint density at radius 3 is 2.50 bits per heavy atom. The third kappa shape index (κ3) is 4.04. The lowest BCUT2D eigenvalue weighted by Crippen LogP contribution is -2.47. The Morgan fingerprint density at radius 1 is 1.50 bits per heavy atom. The molecule has 0 aromatic carbocycles. The highest BCUT2D eigenvalue weighted by atomic mass is 16.5. The van der Waals surface area contributed by atoms with Gasteiger partial charge in [0.15, 0.2) is 0 Å². The largest absolute Gasteiger partial charge is 0.468 e. The molecule has 0 saturated heterocycles. The summed E-state index contributed by atoms with van der Waals surface area (Å²) in [4.78, 5) is 13.3. The normalized spacial score (nSPS) is 12.9. The van der Waals surface area contributed by atoms with E-state index in [9.17, 15) is 4.79 Å². The molecule has 1 atom stereocenters. The molecule has 84 valence electrons. The van der Waals surface area contributed by atoms with Crippen molar-refractivity contribution in [2.75, 3.05) is 40.5 Å². The van der Waals surface area contributed by atoms with Crippen LogP contribution < -0.4 is 5.73 Å². The third-order valence-electron chi connectivity index (χ3n) is 2.13. The van der Waals surface area contributed by atoms with Crippen molar-refractivity contribution in [3.05, 3.63) is 0 Å². The highest BCUT2D eigenvalue weighted by molar-refractivity contribution is 5.75. The fraction of sp³-hybridized carbons (Fsp3) is 0.889. The second kappa shape index (κ2) is 7.73. The SMILES string of the molecule is CCN(CCOC)C(CN)C(=O)OC. The van der Waals surface area contributed by atoms with E-state index in [0.717, 1.165) is 6.54 Å². The first kappa shape index (κ1) is 13.4. The van der Waals surface area contributed by atoms with Crippen LogP contribution in [-0.2, 0) is 14.3 Å². The maximum atomic E-state index is 11.3. The van der Waals surface area contributed by atoms with E-state index < -0.39 is 0 Å². The summed E-state index contributed by atoms with van der Waals surface area (Å²) in [7, 11) is 3.00. The number of nitrogens with two attached hydrogens (primary N) is 1. The number of esters is 1. The molecule has 0 aliphatic carbocycles. The fourth-order valence-electron chi connectivity index (χ4n) is 1.27. The summed E-state index contributed by atoms with van der Waals surface area (Å²) < 4.78 is 9.61. The van der Waals surface area contributed by atoms with Crippen molar-refractivity contribution in [1.82, 2.24) is 4.90 Å². The molecule has 0 amide bonds. The molecule has 0 heterocycles. The summed E-state index contributed by atoms with van der Waals surface area (Å²) in [5.41, 5.74) is 5.51. The molecule has 0 spiro atoms. The average molecular weight is 204 g/mol. The number of nitrogens with zero attached hydrogens (tertiary/aromatic N) is 1. The molecule has 5 heteroatoms. The third-order valence-corrected chi connectivity index (χ3v) is 2.13. The van der Waals surface area contributed by atoms with Gasteiger partial charge in [-0.1, -0.05) is 6.92 Å². The lowest BCUT2D eigenvalue weighted by molar-refractivity contribution is -0.146. The van der Waals surface area contributed by atoms with E-state index in [1.165, 1.54) is 7.11 Å². The molecule has 0 bridgehead atoms. The quantitative estimate of drug-likeness (QED) is 0.564. The molecule has 0 rings (SSSR count). The van der Waals surface area contributed by atoms with Crippen LogP contribution in [0.4, 0.5) is 0 Å². The Labute approximate surface area is 85.1 Å². The van der Waals surface area contributed by atoms with Crippen molar-refractivity contribution >= 4 is 5.97 Å². The van der Waals surface area contributed by atoms with Crippen LogP contribution in [0.2, 0.25) is 0 Å². The summed E-state index contributed by atoms with van der Waals surface area (Å²) in [6, 6.07) is -0.361. The molecular formula is C9H20N2O3. The summed E-state index contributed by atoms with van der Waals surface area (Å²) in [5, 5.41) is 0. The van der Waals surface area contributed by atoms with Crippen LogP contribution in [0.15, 0.2) is 0 Å². The molecule has 0 radical (unpaired) electrons. The van der Waals surface area contributed by atoms with Gasteiger partial charge in [-0.25, -0.2) is 0 Å². The van der Waals surface area contributed by atoms with Crippen molar-refractivity contribution in [3.63, 3.8) is 0 Å². The number of hydrogen-bond donors (Lipinski definition) is 1. The van der Waals surface area contributed by atoms with Crippen LogP contribution in [0.5, 0.6) is 0 Å². The maximum Gasteiger partial charge on any atom is 0.324 e. The first-order valence-corrected chi connectivity index (χ1v) is 4.72. The molecule has 1 unspecified atom stereocenters. The maximum absolute atomic E-state index is 11.3. The highest BCUT2D eigenvalue weighted by Gasteiger charge is 2.23. The van der Waals surface area contributed by atoms with Gasteiger partial charge in [-0.2, -0.15) is 0 Å². The number of hydrogen-bond acceptors (Lipinski definition) is 5. The predicted octanol–water partition coefficient (Wildman–Crippen LogP) is -0.545. The highest BCUT2D eigenvalue weighted by Crippen LogP contribution is 2.00. The molecule has 5 nitrogen and oxygen atoms in total. The van der Waals surface area contributed by atoms with E-state index in [1.807, 2.05) is 11.8 Å². The molecule has 0 aliphatic rings. The summed E-state index contributed by atoms with van der Waals surface area (Å²) in [6.07, 6.45) is 0. The van der Waals surface area contributed by atoms with Crippen LogP contribution in [0.25, 0.3) is 0 Å². The lowest BCUT2D eigenvalue weighted by atomic mass is 10.2. The summed E-state index contributed by atoms with van der Waals surface area (Å²) in [6.45, 7) is 4.26. The van der Waals surface area contributed by atoms with Crippen LogP contribution in [-0.4, -0.2) is 57.4 Å². The number of likely N-dealkylation sites (N-methyl/N-ethyl adjacent to an activating group) is 1. The van der Waals surface area contributed by atoms with Crippen molar-refractivity contribution in [3.8, 4) is 0 Å². The first-order chi connectivity index (χ1) is 6.71. The van der Waals surface area contributed by atoms with E-state index in [2.05, 4.69) is 4.74 Å². The molecule has 14 heavy (non-hydrogen) atoms. The minimum Gasteiger partial charge on any atom is -0.468 e. The minimum atomic E-state index is -0.361. The van der Waals surface area contributed by atoms with Gasteiger partial charge in [-0.15, -0.1) is 0 Å². The van der Waals surface area contributed by atoms with Crippen molar-refractivity contribution < 1.29 is 14.3 Å². The monoisotopic (exact) mass is 204 g/mol. The van der Waals surface area contributed by atoms with Crippen LogP contribution >= 0.6 is 0 Å². The van der Waals surface area contributed by atoms with Crippen molar-refractivity contribution in [1.29, 1.82) is 0 Å². The topological polar surface area (TPSA) is 64.8 Å². The number of rotatable bonds is 7. The fourth-order valence-corrected chi connectivity index (χ4v) is 1.27. The molecule has 0 aromatic heterocycles. The van der Waals surface area contributed by atoms with Gasteiger partial charge in [0.1, 0.15) is 6.04 Å². The van der Waals surface area contributed by atoms with Gasteiger partial charge in [0.05, 0.1) is 13.7 Å². The summed E-state index contributed by atoms with van der Waals surface area (Å²) >= 11 is 0. The van der Waals surface area contributed by atoms with E-state index in [1.54, 1.807) is 7.11 Å². The molecule has 0 fully saturated rings. The van der Waals surface area contributed by atoms with Gasteiger partial charge in [0, 0.05) is 20.2 Å². The van der Waals surface area contributed by atoms with Crippen molar-refractivity contribution in [2.45, 2.75) is 13.0 Å². The van der Waals surface area contributed by atoms with Gasteiger partial charge in [0.2, 0.25) is 0 Å². The Kier molecular flexibility index (Phi) is 7.37. The second-order valence-corrected chi connectivity index (χ2v) is 2.90. The van der Waals surface area contributed by atoms with E-state index in [-0.39, 0.29) is 18.6 Å². The minimum absolute atomic E-state index is 0.268. The Bertz CT molecular complexity index is 164.